The third-order valence-corrected chi connectivity index (χ3v) is 4.12. The van der Waals surface area contributed by atoms with Crippen LogP contribution in [0.4, 0.5) is 11.5 Å². The molecule has 2 aromatic rings. The Kier molecular flexibility index (Phi) is 5.87. The van der Waals surface area contributed by atoms with E-state index in [1.165, 1.54) is 24.9 Å². The van der Waals surface area contributed by atoms with Crippen LogP contribution < -0.4 is 16.4 Å². The monoisotopic (exact) mass is 385 g/mol. The van der Waals surface area contributed by atoms with E-state index < -0.39 is 5.91 Å². The Labute approximate surface area is 152 Å². The molecule has 1 heterocycles. The van der Waals surface area contributed by atoms with Crippen LogP contribution in [0.3, 0.4) is 0 Å². The zero-order chi connectivity index (χ0) is 17.9. The largest absolute Gasteiger partial charge is 0.365 e. The smallest absolute Gasteiger partial charge is 0.255 e. The minimum Gasteiger partial charge on any atom is -0.365 e. The minimum absolute atomic E-state index is 0.0362. The highest BCUT2D eigenvalue weighted by atomic mass is 35.5. The molecule has 0 radical (unpaired) electrons. The van der Waals surface area contributed by atoms with Crippen molar-refractivity contribution in [2.45, 2.75) is 5.16 Å². The molecule has 0 aliphatic carbocycles. The summed E-state index contributed by atoms with van der Waals surface area (Å²) in [5, 5.41) is 6.03. The van der Waals surface area contributed by atoms with E-state index in [1.54, 1.807) is 18.4 Å². The first-order chi connectivity index (χ1) is 11.4. The number of nitrogens with zero attached hydrogens (tertiary/aromatic N) is 2. The zero-order valence-electron chi connectivity index (χ0n) is 12.7. The minimum atomic E-state index is -0.768. The van der Waals surface area contributed by atoms with Gasteiger partial charge in [-0.15, -0.1) is 0 Å². The fourth-order valence-corrected chi connectivity index (χ4v) is 2.74. The first-order valence-corrected chi connectivity index (χ1v) is 8.55. The molecule has 0 spiro atoms. The Bertz CT molecular complexity index is 816. The van der Waals surface area contributed by atoms with Crippen molar-refractivity contribution in [2.24, 2.45) is 5.73 Å². The first-order valence-electron chi connectivity index (χ1n) is 6.57. The van der Waals surface area contributed by atoms with Crippen molar-refractivity contribution in [3.63, 3.8) is 0 Å². The number of hydrogen-bond donors (Lipinski definition) is 3. The molecule has 0 fully saturated rings. The number of nitrogens with two attached hydrogens (primary N) is 1. The molecular formula is C14H13Cl2N5O2S. The number of rotatable bonds is 5. The molecule has 2 amide bonds. The molecule has 4 N–H and O–H groups in total. The number of primary amides is 1. The van der Waals surface area contributed by atoms with Crippen LogP contribution in [-0.4, -0.2) is 35.1 Å². The number of carbonyl (C=O) groups excluding carboxylic acids is 2. The average Bonchev–Trinajstić information content (AvgIpc) is 2.54. The highest BCUT2D eigenvalue weighted by molar-refractivity contribution is 7.98. The molecule has 10 heteroatoms. The van der Waals surface area contributed by atoms with Gasteiger partial charge >= 0.3 is 0 Å². The van der Waals surface area contributed by atoms with Crippen LogP contribution in [0, 0.1) is 0 Å². The third-order valence-electron chi connectivity index (χ3n) is 2.97. The summed E-state index contributed by atoms with van der Waals surface area (Å²) >= 11 is 13.3. The summed E-state index contributed by atoms with van der Waals surface area (Å²) in [7, 11) is 1.50. The summed E-state index contributed by atoms with van der Waals surface area (Å²) in [5.41, 5.74) is 6.07. The maximum atomic E-state index is 11.8. The molecule has 0 atom stereocenters. The van der Waals surface area contributed by atoms with E-state index in [4.69, 9.17) is 28.9 Å². The van der Waals surface area contributed by atoms with Crippen molar-refractivity contribution < 1.29 is 9.59 Å². The molecule has 24 heavy (non-hydrogen) atoms. The van der Waals surface area contributed by atoms with Gasteiger partial charge in [-0.05, 0) is 24.5 Å². The van der Waals surface area contributed by atoms with E-state index in [2.05, 4.69) is 20.6 Å². The highest BCUT2D eigenvalue weighted by Gasteiger charge is 2.19. The number of halogens is 2. The van der Waals surface area contributed by atoms with Crippen LogP contribution in [0.2, 0.25) is 10.2 Å². The summed E-state index contributed by atoms with van der Waals surface area (Å²) in [4.78, 5) is 31.6. The van der Waals surface area contributed by atoms with Gasteiger partial charge in [-0.25, -0.2) is 9.97 Å². The molecule has 126 valence electrons. The molecule has 7 nitrogen and oxygen atoms in total. The van der Waals surface area contributed by atoms with Gasteiger partial charge in [0, 0.05) is 12.7 Å². The fourth-order valence-electron chi connectivity index (χ4n) is 1.86. The molecule has 1 aromatic carbocycles. The number of aromatic nitrogens is 2. The van der Waals surface area contributed by atoms with E-state index >= 15 is 0 Å². The Balaban J connectivity index is 2.49. The molecule has 2 rings (SSSR count). The highest BCUT2D eigenvalue weighted by Crippen LogP contribution is 2.28. The molecular weight excluding hydrogens is 373 g/mol. The van der Waals surface area contributed by atoms with Crippen LogP contribution in [0.5, 0.6) is 0 Å². The summed E-state index contributed by atoms with van der Waals surface area (Å²) in [6, 6.07) is 4.71. The molecule has 1 aromatic heterocycles. The van der Waals surface area contributed by atoms with E-state index in [-0.39, 0.29) is 28.0 Å². The van der Waals surface area contributed by atoms with E-state index in [9.17, 15) is 9.59 Å². The van der Waals surface area contributed by atoms with Crippen LogP contribution in [-0.2, 0) is 0 Å². The van der Waals surface area contributed by atoms with Gasteiger partial charge in [-0.3, -0.25) is 9.59 Å². The predicted molar refractivity (Wildman–Crippen MR) is 95.5 cm³/mol. The lowest BCUT2D eigenvalue weighted by Crippen LogP contribution is -2.19. The van der Waals surface area contributed by atoms with Crippen LogP contribution in [0.1, 0.15) is 20.7 Å². The topological polar surface area (TPSA) is 110 Å². The Morgan fingerprint density at radius 3 is 2.54 bits per heavy atom. The number of hydrogen-bond acceptors (Lipinski definition) is 6. The molecule has 0 saturated heterocycles. The molecule has 0 saturated carbocycles. The lowest BCUT2D eigenvalue weighted by Gasteiger charge is -2.12. The van der Waals surface area contributed by atoms with Gasteiger partial charge in [0.2, 0.25) is 0 Å². The van der Waals surface area contributed by atoms with Gasteiger partial charge < -0.3 is 16.4 Å². The van der Waals surface area contributed by atoms with Crippen LogP contribution in [0.15, 0.2) is 23.4 Å². The van der Waals surface area contributed by atoms with Crippen LogP contribution in [0.25, 0.3) is 0 Å². The normalized spacial score (nSPS) is 10.3. The lowest BCUT2D eigenvalue weighted by atomic mass is 10.2. The van der Waals surface area contributed by atoms with Gasteiger partial charge in [-0.2, -0.15) is 0 Å². The lowest BCUT2D eigenvalue weighted by molar-refractivity contribution is 0.0961. The molecule has 0 bridgehead atoms. The predicted octanol–water partition coefficient (Wildman–Crippen LogP) is 2.71. The van der Waals surface area contributed by atoms with Crippen molar-refractivity contribution in [2.75, 3.05) is 18.6 Å². The standard InChI is InChI=1S/C14H13Cl2N5O2S/c1-18-13(23)7-5-6(3-4-8(7)15)19-12-9(11(17)22)10(16)20-14(21-12)24-2/h3-5H,1-2H3,(H2,17,22)(H,18,23)(H,19,20,21). The summed E-state index contributed by atoms with van der Waals surface area (Å²) in [6.07, 6.45) is 1.77. The summed E-state index contributed by atoms with van der Waals surface area (Å²) < 4.78 is 0. The van der Waals surface area contributed by atoms with Gasteiger partial charge in [0.15, 0.2) is 5.16 Å². The Morgan fingerprint density at radius 1 is 1.25 bits per heavy atom. The quantitative estimate of drug-likeness (QED) is 0.414. The average molecular weight is 386 g/mol. The van der Waals surface area contributed by atoms with Crippen molar-refractivity contribution >= 4 is 58.3 Å². The third kappa shape index (κ3) is 3.89. The second-order valence-electron chi connectivity index (χ2n) is 4.49. The van der Waals surface area contributed by atoms with Gasteiger partial charge in [0.25, 0.3) is 11.8 Å². The number of thioether (sulfide) groups is 1. The number of anilines is 2. The van der Waals surface area contributed by atoms with Crippen LogP contribution >= 0.6 is 35.0 Å². The van der Waals surface area contributed by atoms with Gasteiger partial charge in [-0.1, -0.05) is 35.0 Å². The Morgan fingerprint density at radius 2 is 1.96 bits per heavy atom. The van der Waals surface area contributed by atoms with Gasteiger partial charge in [0.05, 0.1) is 10.6 Å². The number of benzene rings is 1. The van der Waals surface area contributed by atoms with Crippen molar-refractivity contribution in [3.8, 4) is 0 Å². The van der Waals surface area contributed by atoms with Crippen molar-refractivity contribution in [1.29, 1.82) is 0 Å². The van der Waals surface area contributed by atoms with E-state index in [1.807, 2.05) is 0 Å². The molecule has 0 unspecified atom stereocenters. The molecule has 0 aliphatic rings. The van der Waals surface area contributed by atoms with E-state index in [0.29, 0.717) is 15.9 Å². The van der Waals surface area contributed by atoms with Crippen molar-refractivity contribution in [1.82, 2.24) is 15.3 Å². The van der Waals surface area contributed by atoms with Crippen molar-refractivity contribution in [3.05, 3.63) is 39.5 Å². The zero-order valence-corrected chi connectivity index (χ0v) is 15.0. The maximum absolute atomic E-state index is 11.8. The Hall–Kier alpha value is -2.03. The SMILES string of the molecule is CNC(=O)c1cc(Nc2nc(SC)nc(Cl)c2C(N)=O)ccc1Cl. The fraction of sp³-hybridized carbons (Fsp3) is 0.143. The second-order valence-corrected chi connectivity index (χ2v) is 6.03. The number of nitrogens with one attached hydrogen (secondary N) is 2. The summed E-state index contributed by atoms with van der Waals surface area (Å²) in [5.74, 6) is -0.961. The second kappa shape index (κ2) is 7.69. The number of carbonyl (C=O) groups is 2. The first kappa shape index (κ1) is 18.3. The van der Waals surface area contributed by atoms with E-state index in [0.717, 1.165) is 0 Å². The van der Waals surface area contributed by atoms with Gasteiger partial charge in [0.1, 0.15) is 16.5 Å². The summed E-state index contributed by atoms with van der Waals surface area (Å²) in [6.45, 7) is 0. The number of amides is 2. The maximum Gasteiger partial charge on any atom is 0.255 e. The molecule has 0 aliphatic heterocycles.